The van der Waals surface area contributed by atoms with Crippen molar-refractivity contribution in [1.82, 2.24) is 19.7 Å². The third-order valence-electron chi connectivity index (χ3n) is 3.08. The van der Waals surface area contributed by atoms with Crippen LogP contribution >= 0.6 is 11.6 Å². The highest BCUT2D eigenvalue weighted by Gasteiger charge is 2.32. The predicted octanol–water partition coefficient (Wildman–Crippen LogP) is 4.00. The van der Waals surface area contributed by atoms with Crippen LogP contribution in [-0.2, 0) is 6.18 Å². The highest BCUT2D eigenvalue weighted by atomic mass is 35.5. The predicted molar refractivity (Wildman–Crippen MR) is 80.4 cm³/mol. The summed E-state index contributed by atoms with van der Waals surface area (Å²) in [6, 6.07) is 7.66. The molecule has 0 saturated heterocycles. The van der Waals surface area contributed by atoms with Crippen molar-refractivity contribution in [2.24, 2.45) is 0 Å². The van der Waals surface area contributed by atoms with E-state index in [1.165, 1.54) is 30.6 Å². The lowest BCUT2D eigenvalue weighted by Gasteiger charge is -2.12. The van der Waals surface area contributed by atoms with E-state index < -0.39 is 11.7 Å². The number of benzene rings is 1. The molecule has 0 fully saturated rings. The zero-order chi connectivity index (χ0) is 18.0. The molecular formula is C15H7ClF3N5O. The Kier molecular flexibility index (Phi) is 4.29. The zero-order valence-corrected chi connectivity index (χ0v) is 13.0. The number of nitrogens with zero attached hydrogens (tertiary/aromatic N) is 5. The molecule has 0 aliphatic carbocycles. The van der Waals surface area contributed by atoms with Crippen LogP contribution in [0.2, 0.25) is 5.15 Å². The van der Waals surface area contributed by atoms with Gasteiger partial charge in [-0.25, -0.2) is 14.6 Å². The van der Waals surface area contributed by atoms with E-state index in [4.69, 9.17) is 16.3 Å². The van der Waals surface area contributed by atoms with Gasteiger partial charge in [0.05, 0.1) is 17.3 Å². The second-order valence-electron chi connectivity index (χ2n) is 4.72. The first-order valence-corrected chi connectivity index (χ1v) is 7.07. The quantitative estimate of drug-likeness (QED) is 0.656. The van der Waals surface area contributed by atoms with Gasteiger partial charge in [0.25, 0.3) is 0 Å². The van der Waals surface area contributed by atoms with Crippen LogP contribution in [0.4, 0.5) is 13.2 Å². The number of hydrogen-bond donors (Lipinski definition) is 0. The fourth-order valence-corrected chi connectivity index (χ4v) is 2.15. The molecule has 0 saturated carbocycles. The smallest absolute Gasteiger partial charge is 0.419 e. The van der Waals surface area contributed by atoms with Crippen molar-refractivity contribution in [2.45, 2.75) is 6.18 Å². The molecule has 2 heterocycles. The number of halogens is 4. The molecule has 10 heteroatoms. The number of nitriles is 1. The van der Waals surface area contributed by atoms with E-state index in [9.17, 15) is 18.4 Å². The summed E-state index contributed by atoms with van der Waals surface area (Å²) in [7, 11) is 0. The Bertz CT molecular complexity index is 964. The Morgan fingerprint density at radius 3 is 2.68 bits per heavy atom. The Morgan fingerprint density at radius 1 is 1.24 bits per heavy atom. The molecule has 0 unspecified atom stereocenters. The van der Waals surface area contributed by atoms with Crippen molar-refractivity contribution in [1.29, 1.82) is 5.26 Å². The summed E-state index contributed by atoms with van der Waals surface area (Å²) < 4.78 is 44.9. The van der Waals surface area contributed by atoms with Crippen LogP contribution in [0.5, 0.6) is 11.6 Å². The van der Waals surface area contributed by atoms with Gasteiger partial charge in [0.1, 0.15) is 23.2 Å². The number of ether oxygens (including phenoxy) is 1. The van der Waals surface area contributed by atoms with Crippen LogP contribution in [0.25, 0.3) is 5.69 Å². The molecule has 126 valence electrons. The van der Waals surface area contributed by atoms with Gasteiger partial charge in [0.2, 0.25) is 5.88 Å². The maximum absolute atomic E-state index is 12.8. The minimum atomic E-state index is -4.55. The van der Waals surface area contributed by atoms with E-state index in [1.54, 1.807) is 0 Å². The maximum atomic E-state index is 12.8. The van der Waals surface area contributed by atoms with Gasteiger partial charge in [-0.2, -0.15) is 23.5 Å². The molecule has 6 nitrogen and oxygen atoms in total. The number of rotatable bonds is 3. The fourth-order valence-electron chi connectivity index (χ4n) is 2.01. The van der Waals surface area contributed by atoms with Crippen LogP contribution in [-0.4, -0.2) is 19.7 Å². The largest absolute Gasteiger partial charge is 0.437 e. The first-order valence-electron chi connectivity index (χ1n) is 6.69. The van der Waals surface area contributed by atoms with Crippen LogP contribution in [0.15, 0.2) is 43.0 Å². The van der Waals surface area contributed by atoms with Gasteiger partial charge in [-0.3, -0.25) is 0 Å². The summed E-state index contributed by atoms with van der Waals surface area (Å²) in [5.41, 5.74) is -0.819. The van der Waals surface area contributed by atoms with Crippen molar-refractivity contribution in [3.8, 4) is 23.4 Å². The topological polar surface area (TPSA) is 76.6 Å². The normalized spacial score (nSPS) is 11.2. The van der Waals surface area contributed by atoms with Crippen molar-refractivity contribution in [3.05, 3.63) is 59.3 Å². The molecule has 2 aromatic heterocycles. The minimum absolute atomic E-state index is 0.0511. The van der Waals surface area contributed by atoms with Gasteiger partial charge in [-0.1, -0.05) is 17.7 Å². The molecule has 25 heavy (non-hydrogen) atoms. The van der Waals surface area contributed by atoms with E-state index in [1.807, 2.05) is 6.07 Å². The molecule has 1 aromatic carbocycles. The van der Waals surface area contributed by atoms with E-state index in [0.29, 0.717) is 6.20 Å². The Labute approximate surface area is 144 Å². The van der Waals surface area contributed by atoms with Gasteiger partial charge in [0.15, 0.2) is 5.75 Å². The second kappa shape index (κ2) is 6.41. The summed E-state index contributed by atoms with van der Waals surface area (Å²) in [5.74, 6) is 0.158. The molecule has 3 rings (SSSR count). The first kappa shape index (κ1) is 16.7. The molecule has 0 atom stereocenters. The van der Waals surface area contributed by atoms with Crippen molar-refractivity contribution in [3.63, 3.8) is 0 Å². The van der Waals surface area contributed by atoms with Crippen LogP contribution in [0.3, 0.4) is 0 Å². The Hall–Kier alpha value is -3.12. The summed E-state index contributed by atoms with van der Waals surface area (Å²) in [6.45, 7) is 0. The maximum Gasteiger partial charge on any atom is 0.419 e. The highest BCUT2D eigenvalue weighted by Crippen LogP contribution is 2.33. The summed E-state index contributed by atoms with van der Waals surface area (Å²) >= 11 is 5.75. The molecule has 3 aromatic rings. The molecule has 0 amide bonds. The molecular weight excluding hydrogens is 359 g/mol. The SMILES string of the molecule is N#Cc1cccc(Oc2cc(Cl)ncn2)c1-n1cc(C(F)(F)F)cn1. The van der Waals surface area contributed by atoms with Gasteiger partial charge < -0.3 is 4.74 Å². The summed E-state index contributed by atoms with van der Waals surface area (Å²) in [4.78, 5) is 7.56. The number of alkyl halides is 3. The molecule has 0 N–H and O–H groups in total. The van der Waals surface area contributed by atoms with Crippen molar-refractivity contribution >= 4 is 11.6 Å². The van der Waals surface area contributed by atoms with E-state index in [0.717, 1.165) is 10.9 Å². The van der Waals surface area contributed by atoms with Gasteiger partial charge >= 0.3 is 6.18 Å². The lowest BCUT2D eigenvalue weighted by molar-refractivity contribution is -0.137. The fraction of sp³-hybridized carbons (Fsp3) is 0.0667. The third-order valence-corrected chi connectivity index (χ3v) is 3.29. The van der Waals surface area contributed by atoms with Crippen LogP contribution in [0, 0.1) is 11.3 Å². The number of aromatic nitrogens is 4. The molecule has 0 aliphatic rings. The lowest BCUT2D eigenvalue weighted by atomic mass is 10.2. The van der Waals surface area contributed by atoms with E-state index in [-0.39, 0.29) is 28.0 Å². The van der Waals surface area contributed by atoms with Crippen LogP contribution < -0.4 is 4.74 Å². The van der Waals surface area contributed by atoms with E-state index in [2.05, 4.69) is 15.1 Å². The number of para-hydroxylation sites is 1. The Balaban J connectivity index is 2.09. The molecule has 0 spiro atoms. The minimum Gasteiger partial charge on any atom is -0.437 e. The van der Waals surface area contributed by atoms with Crippen LogP contribution in [0.1, 0.15) is 11.1 Å². The zero-order valence-electron chi connectivity index (χ0n) is 12.2. The second-order valence-corrected chi connectivity index (χ2v) is 5.10. The summed E-state index contributed by atoms with van der Waals surface area (Å²) in [6.07, 6.45) is -1.95. The lowest BCUT2D eigenvalue weighted by Crippen LogP contribution is -2.04. The highest BCUT2D eigenvalue weighted by molar-refractivity contribution is 6.29. The first-order chi connectivity index (χ1) is 11.9. The average Bonchev–Trinajstić information content (AvgIpc) is 3.04. The van der Waals surface area contributed by atoms with Gasteiger partial charge in [-0.15, -0.1) is 0 Å². The van der Waals surface area contributed by atoms with E-state index >= 15 is 0 Å². The summed E-state index contributed by atoms with van der Waals surface area (Å²) in [5, 5.41) is 13.1. The average molecular weight is 366 g/mol. The van der Waals surface area contributed by atoms with Crippen molar-refractivity contribution < 1.29 is 17.9 Å². The van der Waals surface area contributed by atoms with Gasteiger partial charge in [-0.05, 0) is 12.1 Å². The molecule has 0 aliphatic heterocycles. The molecule has 0 radical (unpaired) electrons. The Morgan fingerprint density at radius 2 is 2.04 bits per heavy atom. The number of hydrogen-bond acceptors (Lipinski definition) is 5. The monoisotopic (exact) mass is 365 g/mol. The van der Waals surface area contributed by atoms with Gasteiger partial charge in [0, 0.05) is 12.3 Å². The van der Waals surface area contributed by atoms with Crippen molar-refractivity contribution in [2.75, 3.05) is 0 Å². The standard InChI is InChI=1S/C15H7ClF3N5O/c16-12-4-13(22-8-21-12)25-11-3-1-2-9(5-20)14(11)24-7-10(6-23-24)15(17,18)19/h1-4,6-8H. The molecule has 0 bridgehead atoms. The third kappa shape index (κ3) is 3.54.